The number of halogens is 2. The van der Waals surface area contributed by atoms with Crippen LogP contribution in [0.15, 0.2) is 53.7 Å². The van der Waals surface area contributed by atoms with Crippen LogP contribution in [0.3, 0.4) is 0 Å². The maximum atomic E-state index is 12.7. The van der Waals surface area contributed by atoms with E-state index in [0.717, 1.165) is 24.0 Å². The van der Waals surface area contributed by atoms with E-state index in [9.17, 15) is 9.59 Å². The lowest BCUT2D eigenvalue weighted by Crippen LogP contribution is -2.46. The molecule has 2 N–H and O–H groups in total. The number of carbonyl (C=O) groups is 2. The number of hydrogen-bond donors (Lipinski definition) is 2. The van der Waals surface area contributed by atoms with Gasteiger partial charge in [-0.3, -0.25) is 0 Å². The Morgan fingerprint density at radius 3 is 2.50 bits per heavy atom. The number of carbonyl (C=O) groups excluding carboxylic acids is 2. The number of allylic oxidation sites excluding steroid dienone is 1. The van der Waals surface area contributed by atoms with E-state index in [0.29, 0.717) is 33.5 Å². The Hall–Kier alpha value is -2.70. The molecule has 8 heteroatoms. The molecule has 0 aliphatic carbocycles. The average molecular weight is 477 g/mol. The molecule has 2 aromatic rings. The lowest BCUT2D eigenvalue weighted by molar-refractivity contribution is -0.139. The number of hydrogen-bond acceptors (Lipinski definition) is 4. The van der Waals surface area contributed by atoms with Crippen LogP contribution in [0.5, 0.6) is 5.75 Å². The summed E-state index contributed by atoms with van der Waals surface area (Å²) in [6, 6.07) is 11.5. The highest BCUT2D eigenvalue weighted by Gasteiger charge is 2.33. The van der Waals surface area contributed by atoms with Gasteiger partial charge in [-0.2, -0.15) is 0 Å². The minimum Gasteiger partial charge on any atom is -0.489 e. The third-order valence-corrected chi connectivity index (χ3v) is 5.64. The van der Waals surface area contributed by atoms with E-state index in [4.69, 9.17) is 32.7 Å². The van der Waals surface area contributed by atoms with Gasteiger partial charge in [0.15, 0.2) is 0 Å². The van der Waals surface area contributed by atoms with E-state index < -0.39 is 12.0 Å². The van der Waals surface area contributed by atoms with Crippen LogP contribution in [0, 0.1) is 0 Å². The van der Waals surface area contributed by atoms with E-state index in [1.807, 2.05) is 18.2 Å². The average Bonchev–Trinajstić information content (AvgIpc) is 2.77. The zero-order valence-corrected chi connectivity index (χ0v) is 19.6. The van der Waals surface area contributed by atoms with Crippen molar-refractivity contribution in [2.75, 3.05) is 6.61 Å². The molecule has 2 amide bonds. The Balaban J connectivity index is 1.81. The number of nitrogens with one attached hydrogen (secondary N) is 2. The smallest absolute Gasteiger partial charge is 0.338 e. The first-order chi connectivity index (χ1) is 15.4. The third kappa shape index (κ3) is 5.96. The zero-order chi connectivity index (χ0) is 23.1. The van der Waals surface area contributed by atoms with Crippen molar-refractivity contribution in [1.29, 1.82) is 0 Å². The molecule has 2 aromatic carbocycles. The standard InChI is InChI=1S/C24H26Cl2N2O4/c1-3-5-6-20-21(23(29)31-4-2)22(28-24(30)27-20)15-8-11-18(12-9-15)32-14-16-7-10-17(25)13-19(16)26/h7-13,22H,3-6,14H2,1-2H3,(H2,27,28,30). The highest BCUT2D eigenvalue weighted by molar-refractivity contribution is 6.35. The van der Waals surface area contributed by atoms with Gasteiger partial charge in [0, 0.05) is 21.3 Å². The van der Waals surface area contributed by atoms with Gasteiger partial charge in [-0.05, 0) is 49.6 Å². The summed E-state index contributed by atoms with van der Waals surface area (Å²) in [6.45, 7) is 4.35. The van der Waals surface area contributed by atoms with Crippen molar-refractivity contribution in [2.45, 2.75) is 45.8 Å². The summed E-state index contributed by atoms with van der Waals surface area (Å²) in [7, 11) is 0. The molecule has 1 unspecified atom stereocenters. The second-order valence-corrected chi connectivity index (χ2v) is 8.18. The maximum Gasteiger partial charge on any atom is 0.338 e. The van der Waals surface area contributed by atoms with E-state index in [1.54, 1.807) is 31.2 Å². The van der Waals surface area contributed by atoms with Crippen molar-refractivity contribution in [3.8, 4) is 5.75 Å². The Morgan fingerprint density at radius 2 is 1.84 bits per heavy atom. The predicted octanol–water partition coefficient (Wildman–Crippen LogP) is 5.93. The number of urea groups is 1. The first-order valence-corrected chi connectivity index (χ1v) is 11.3. The van der Waals surface area contributed by atoms with Gasteiger partial charge in [0.1, 0.15) is 12.4 Å². The van der Waals surface area contributed by atoms with Crippen molar-refractivity contribution in [1.82, 2.24) is 10.6 Å². The highest BCUT2D eigenvalue weighted by Crippen LogP contribution is 2.31. The van der Waals surface area contributed by atoms with Crippen molar-refractivity contribution in [2.24, 2.45) is 0 Å². The first kappa shape index (κ1) is 24.0. The van der Waals surface area contributed by atoms with Crippen LogP contribution in [-0.2, 0) is 16.1 Å². The van der Waals surface area contributed by atoms with Crippen LogP contribution < -0.4 is 15.4 Å². The molecule has 0 spiro atoms. The van der Waals surface area contributed by atoms with Gasteiger partial charge < -0.3 is 20.1 Å². The molecular weight excluding hydrogens is 451 g/mol. The van der Waals surface area contributed by atoms with Crippen LogP contribution in [0.25, 0.3) is 0 Å². The van der Waals surface area contributed by atoms with Crippen LogP contribution in [0.1, 0.15) is 50.3 Å². The molecule has 0 saturated heterocycles. The second kappa shape index (κ2) is 11.2. The molecule has 1 aliphatic rings. The van der Waals surface area contributed by atoms with E-state index in [1.165, 1.54) is 0 Å². The Labute approximate surface area is 197 Å². The number of amides is 2. The predicted molar refractivity (Wildman–Crippen MR) is 125 cm³/mol. The van der Waals surface area contributed by atoms with Gasteiger partial charge >= 0.3 is 12.0 Å². The largest absolute Gasteiger partial charge is 0.489 e. The van der Waals surface area contributed by atoms with Gasteiger partial charge in [0.25, 0.3) is 0 Å². The van der Waals surface area contributed by atoms with Crippen molar-refractivity contribution in [3.05, 3.63) is 74.9 Å². The molecule has 1 aliphatic heterocycles. The quantitative estimate of drug-likeness (QED) is 0.439. The zero-order valence-electron chi connectivity index (χ0n) is 18.0. The molecule has 0 aromatic heterocycles. The minimum atomic E-state index is -0.602. The van der Waals surface area contributed by atoms with Crippen LogP contribution in [0.2, 0.25) is 10.0 Å². The lowest BCUT2D eigenvalue weighted by Gasteiger charge is -2.29. The van der Waals surface area contributed by atoms with Gasteiger partial charge in [0.2, 0.25) is 0 Å². The number of esters is 1. The van der Waals surface area contributed by atoms with E-state index in [2.05, 4.69) is 17.6 Å². The van der Waals surface area contributed by atoms with E-state index in [-0.39, 0.29) is 19.2 Å². The molecule has 0 radical (unpaired) electrons. The monoisotopic (exact) mass is 476 g/mol. The van der Waals surface area contributed by atoms with Crippen LogP contribution in [0.4, 0.5) is 4.79 Å². The molecule has 0 saturated carbocycles. The molecule has 6 nitrogen and oxygen atoms in total. The van der Waals surface area contributed by atoms with Gasteiger partial charge in [-0.15, -0.1) is 0 Å². The SMILES string of the molecule is CCCCC1=C(C(=O)OCC)C(c2ccc(OCc3ccc(Cl)cc3Cl)cc2)NC(=O)N1. The normalized spacial score (nSPS) is 15.8. The third-order valence-electron chi connectivity index (χ3n) is 5.05. The molecule has 3 rings (SSSR count). The molecule has 0 fully saturated rings. The Kier molecular flexibility index (Phi) is 8.42. The summed E-state index contributed by atoms with van der Waals surface area (Å²) >= 11 is 12.1. The van der Waals surface area contributed by atoms with E-state index >= 15 is 0 Å². The summed E-state index contributed by atoms with van der Waals surface area (Å²) in [5.74, 6) is 0.196. The summed E-state index contributed by atoms with van der Waals surface area (Å²) in [6.07, 6.45) is 2.39. The molecule has 1 heterocycles. The second-order valence-electron chi connectivity index (χ2n) is 7.34. The van der Waals surface area contributed by atoms with Gasteiger partial charge in [-0.1, -0.05) is 54.7 Å². The fourth-order valence-corrected chi connectivity index (χ4v) is 3.89. The lowest BCUT2D eigenvalue weighted by atomic mass is 9.93. The van der Waals surface area contributed by atoms with Crippen LogP contribution in [-0.4, -0.2) is 18.6 Å². The topological polar surface area (TPSA) is 76.7 Å². The Morgan fingerprint density at radius 1 is 1.09 bits per heavy atom. The Bertz CT molecular complexity index is 1010. The molecule has 0 bridgehead atoms. The molecule has 170 valence electrons. The maximum absolute atomic E-state index is 12.7. The first-order valence-electron chi connectivity index (χ1n) is 10.6. The van der Waals surface area contributed by atoms with Crippen LogP contribution >= 0.6 is 23.2 Å². The summed E-state index contributed by atoms with van der Waals surface area (Å²) in [5.41, 5.74) is 2.62. The summed E-state index contributed by atoms with van der Waals surface area (Å²) < 4.78 is 11.1. The fourth-order valence-electron chi connectivity index (χ4n) is 3.42. The fraction of sp³-hybridized carbons (Fsp3) is 0.333. The number of unbranched alkanes of at least 4 members (excludes halogenated alkanes) is 1. The molecule has 1 atom stereocenters. The molecular formula is C24H26Cl2N2O4. The number of benzene rings is 2. The van der Waals surface area contributed by atoms with Crippen molar-refractivity contribution in [3.63, 3.8) is 0 Å². The van der Waals surface area contributed by atoms with Crippen molar-refractivity contribution < 1.29 is 19.1 Å². The summed E-state index contributed by atoms with van der Waals surface area (Å²) in [5, 5.41) is 6.72. The van der Waals surface area contributed by atoms with Crippen molar-refractivity contribution >= 4 is 35.2 Å². The number of rotatable bonds is 9. The van der Waals surface area contributed by atoms with Gasteiger partial charge in [0.05, 0.1) is 18.2 Å². The molecule has 32 heavy (non-hydrogen) atoms. The highest BCUT2D eigenvalue weighted by atomic mass is 35.5. The minimum absolute atomic E-state index is 0.254. The summed E-state index contributed by atoms with van der Waals surface area (Å²) in [4.78, 5) is 25.0. The number of ether oxygens (including phenoxy) is 2. The van der Waals surface area contributed by atoms with Gasteiger partial charge in [-0.25, -0.2) is 9.59 Å².